The van der Waals surface area contributed by atoms with Crippen LogP contribution < -0.4 is 4.74 Å². The molecule has 0 amide bonds. The van der Waals surface area contributed by atoms with Gasteiger partial charge >= 0.3 is 6.61 Å². The molecule has 0 unspecified atom stereocenters. The first-order valence-corrected chi connectivity index (χ1v) is 6.28. The van der Waals surface area contributed by atoms with E-state index in [2.05, 4.69) is 4.74 Å². The Morgan fingerprint density at radius 1 is 0.955 bits per heavy atom. The smallest absolute Gasteiger partial charge is 0.387 e. The topological polar surface area (TPSA) is 43.4 Å². The molecule has 3 nitrogen and oxygen atoms in total. The second kappa shape index (κ2) is 6.43. The normalized spacial score (nSPS) is 10.6. The largest absolute Gasteiger partial charge is 0.435 e. The molecule has 0 atom stereocenters. The van der Waals surface area contributed by atoms with Crippen LogP contribution in [0.15, 0.2) is 42.5 Å². The fraction of sp³-hybridized carbons (Fsp3) is 0.125. The average molecular weight is 308 g/mol. The van der Waals surface area contributed by atoms with Crippen molar-refractivity contribution >= 4 is 11.6 Å². The molecule has 2 rings (SSSR count). The first-order valence-electron chi connectivity index (χ1n) is 6.28. The van der Waals surface area contributed by atoms with Gasteiger partial charge in [0.25, 0.3) is 0 Å². The minimum absolute atomic E-state index is 0.0357. The van der Waals surface area contributed by atoms with Gasteiger partial charge < -0.3 is 4.74 Å². The zero-order chi connectivity index (χ0) is 16.3. The zero-order valence-electron chi connectivity index (χ0n) is 11.5. The van der Waals surface area contributed by atoms with Gasteiger partial charge in [-0.2, -0.15) is 8.78 Å². The van der Waals surface area contributed by atoms with Crippen LogP contribution in [0.25, 0.3) is 0 Å². The molecule has 0 spiro atoms. The summed E-state index contributed by atoms with van der Waals surface area (Å²) in [6.45, 7) is -1.49. The summed E-state index contributed by atoms with van der Waals surface area (Å²) < 4.78 is 41.4. The van der Waals surface area contributed by atoms with Crippen LogP contribution in [0.4, 0.5) is 13.2 Å². The van der Waals surface area contributed by atoms with Crippen LogP contribution in [0.5, 0.6) is 5.75 Å². The molecule has 114 valence electrons. The molecule has 22 heavy (non-hydrogen) atoms. The van der Waals surface area contributed by atoms with Gasteiger partial charge in [-0.15, -0.1) is 0 Å². The maximum Gasteiger partial charge on any atom is 0.387 e. The summed E-state index contributed by atoms with van der Waals surface area (Å²) in [4.78, 5) is 24.1. The van der Waals surface area contributed by atoms with Crippen LogP contribution in [-0.2, 0) is 0 Å². The van der Waals surface area contributed by atoms with Crippen LogP contribution in [0.1, 0.15) is 26.3 Å². The Morgan fingerprint density at radius 3 is 2.05 bits per heavy atom. The Bertz CT molecular complexity index is 709. The Hall–Kier alpha value is -2.63. The van der Waals surface area contributed by atoms with Crippen molar-refractivity contribution in [3.05, 3.63) is 65.0 Å². The maximum atomic E-state index is 13.2. The molecule has 2 aromatic rings. The molecule has 6 heteroatoms. The highest BCUT2D eigenvalue weighted by molar-refractivity contribution is 6.49. The number of carbonyl (C=O) groups excluding carboxylic acids is 2. The molecule has 0 aliphatic rings. The van der Waals surface area contributed by atoms with E-state index in [9.17, 15) is 22.8 Å². The molecule has 0 aliphatic carbocycles. The van der Waals surface area contributed by atoms with Crippen molar-refractivity contribution in [1.29, 1.82) is 0 Å². The number of Topliss-reactive ketones (excluding diaryl/α,β-unsaturated/α-hetero) is 2. The van der Waals surface area contributed by atoms with Crippen LogP contribution >= 0.6 is 0 Å². The molecule has 2 aromatic carbocycles. The van der Waals surface area contributed by atoms with Gasteiger partial charge in [-0.25, -0.2) is 4.39 Å². The first-order chi connectivity index (χ1) is 10.4. The van der Waals surface area contributed by atoms with Gasteiger partial charge in [0.1, 0.15) is 11.6 Å². The van der Waals surface area contributed by atoms with Crippen molar-refractivity contribution in [2.45, 2.75) is 13.5 Å². The Kier molecular flexibility index (Phi) is 4.60. The first kappa shape index (κ1) is 15.8. The monoisotopic (exact) mass is 308 g/mol. The van der Waals surface area contributed by atoms with Crippen molar-refractivity contribution in [1.82, 2.24) is 0 Å². The molecule has 0 fully saturated rings. The minimum Gasteiger partial charge on any atom is -0.435 e. The van der Waals surface area contributed by atoms with Crippen molar-refractivity contribution in [3.63, 3.8) is 0 Å². The lowest BCUT2D eigenvalue weighted by Crippen LogP contribution is -2.15. The number of halogens is 3. The second-order valence-electron chi connectivity index (χ2n) is 4.53. The van der Waals surface area contributed by atoms with E-state index in [1.165, 1.54) is 43.3 Å². The van der Waals surface area contributed by atoms with E-state index < -0.39 is 24.0 Å². The minimum atomic E-state index is -2.97. The highest BCUT2D eigenvalue weighted by Gasteiger charge is 2.19. The Labute approximate surface area is 124 Å². The van der Waals surface area contributed by atoms with E-state index in [1.807, 2.05) is 0 Å². The molecule has 0 saturated heterocycles. The molecule has 0 aromatic heterocycles. The Morgan fingerprint density at radius 2 is 1.50 bits per heavy atom. The molecule has 0 bridgehead atoms. The van der Waals surface area contributed by atoms with Crippen molar-refractivity contribution < 1.29 is 27.5 Å². The van der Waals surface area contributed by atoms with Gasteiger partial charge in [-0.1, -0.05) is 0 Å². The molecule has 0 saturated carbocycles. The average Bonchev–Trinajstić information content (AvgIpc) is 2.49. The van der Waals surface area contributed by atoms with Gasteiger partial charge in [0, 0.05) is 11.1 Å². The third kappa shape index (κ3) is 3.52. The fourth-order valence-corrected chi connectivity index (χ4v) is 1.84. The maximum absolute atomic E-state index is 13.2. The number of alkyl halides is 2. The number of hydrogen-bond acceptors (Lipinski definition) is 3. The zero-order valence-corrected chi connectivity index (χ0v) is 11.5. The lowest BCUT2D eigenvalue weighted by atomic mass is 10.00. The number of hydrogen-bond donors (Lipinski definition) is 0. The molecule has 0 aliphatic heterocycles. The Balaban J connectivity index is 2.19. The van der Waals surface area contributed by atoms with Gasteiger partial charge in [0.2, 0.25) is 11.6 Å². The van der Waals surface area contributed by atoms with E-state index >= 15 is 0 Å². The van der Waals surface area contributed by atoms with E-state index in [0.29, 0.717) is 0 Å². The lowest BCUT2D eigenvalue weighted by Gasteiger charge is -2.06. The van der Waals surface area contributed by atoms with Crippen LogP contribution in [0.3, 0.4) is 0 Å². The summed E-state index contributed by atoms with van der Waals surface area (Å²) >= 11 is 0. The highest BCUT2D eigenvalue weighted by Crippen LogP contribution is 2.17. The van der Waals surface area contributed by atoms with Gasteiger partial charge in [0.15, 0.2) is 0 Å². The summed E-state index contributed by atoms with van der Waals surface area (Å²) in [6.07, 6.45) is 0. The van der Waals surface area contributed by atoms with E-state index in [1.54, 1.807) is 0 Å². The summed E-state index contributed by atoms with van der Waals surface area (Å²) in [6, 6.07) is 8.38. The van der Waals surface area contributed by atoms with Gasteiger partial charge in [-0.3, -0.25) is 9.59 Å². The van der Waals surface area contributed by atoms with Gasteiger partial charge in [-0.05, 0) is 55.0 Å². The van der Waals surface area contributed by atoms with Crippen molar-refractivity contribution in [2.24, 2.45) is 0 Å². The number of aryl methyl sites for hydroxylation is 1. The molecule has 0 N–H and O–H groups in total. The van der Waals surface area contributed by atoms with Gasteiger partial charge in [0.05, 0.1) is 0 Å². The quantitative estimate of drug-likeness (QED) is 0.623. The van der Waals surface area contributed by atoms with E-state index in [4.69, 9.17) is 0 Å². The summed E-state index contributed by atoms with van der Waals surface area (Å²) in [5.41, 5.74) is 0.352. The summed E-state index contributed by atoms with van der Waals surface area (Å²) in [5, 5.41) is 0. The summed E-state index contributed by atoms with van der Waals surface area (Å²) in [5.74, 6) is -2.20. The highest BCUT2D eigenvalue weighted by atomic mass is 19.3. The standard InChI is InChI=1S/C16H11F3O3/c1-9-8-11(4-7-13(9)17)15(21)14(20)10-2-5-12(6-3-10)22-16(18)19/h2-8,16H,1H3. The lowest BCUT2D eigenvalue weighted by molar-refractivity contribution is -0.0498. The van der Waals surface area contributed by atoms with Crippen LogP contribution in [0, 0.1) is 12.7 Å². The summed E-state index contributed by atoms with van der Waals surface area (Å²) in [7, 11) is 0. The number of rotatable bonds is 5. The molecule has 0 heterocycles. The number of benzene rings is 2. The second-order valence-corrected chi connectivity index (χ2v) is 4.53. The van der Waals surface area contributed by atoms with Crippen molar-refractivity contribution in [3.8, 4) is 5.75 Å². The molecular formula is C16H11F3O3. The van der Waals surface area contributed by atoms with Crippen LogP contribution in [0.2, 0.25) is 0 Å². The fourth-order valence-electron chi connectivity index (χ4n) is 1.84. The predicted molar refractivity (Wildman–Crippen MR) is 72.9 cm³/mol. The van der Waals surface area contributed by atoms with Crippen LogP contribution in [-0.4, -0.2) is 18.2 Å². The predicted octanol–water partition coefficient (Wildman–Crippen LogP) is 3.80. The number of ether oxygens (including phenoxy) is 1. The molecule has 0 radical (unpaired) electrons. The van der Waals surface area contributed by atoms with E-state index in [0.717, 1.165) is 6.07 Å². The number of ketones is 2. The molecular weight excluding hydrogens is 297 g/mol. The third-order valence-corrected chi connectivity index (χ3v) is 2.97. The third-order valence-electron chi connectivity index (χ3n) is 2.97. The van der Waals surface area contributed by atoms with E-state index in [-0.39, 0.29) is 22.4 Å². The SMILES string of the molecule is Cc1cc(C(=O)C(=O)c2ccc(OC(F)F)cc2)ccc1F. The number of carbonyl (C=O) groups is 2. The van der Waals surface area contributed by atoms with Crippen molar-refractivity contribution in [2.75, 3.05) is 0 Å².